The van der Waals surface area contributed by atoms with E-state index in [-0.39, 0.29) is 24.8 Å². The van der Waals surface area contributed by atoms with Crippen LogP contribution in [-0.4, -0.2) is 43.3 Å². The van der Waals surface area contributed by atoms with Crippen molar-refractivity contribution in [3.8, 4) is 0 Å². The van der Waals surface area contributed by atoms with E-state index in [2.05, 4.69) is 4.90 Å². The Morgan fingerprint density at radius 2 is 1.47 bits per heavy atom. The molecule has 1 aliphatic carbocycles. The number of nitrogens with zero attached hydrogens (tertiary/aromatic N) is 1. The molecule has 0 radical (unpaired) electrons. The van der Waals surface area contributed by atoms with Gasteiger partial charge in [-0.25, -0.2) is 0 Å². The maximum absolute atomic E-state index is 5.88. The summed E-state index contributed by atoms with van der Waals surface area (Å²) in [5, 5.41) is 0. The Kier molecular flexibility index (Phi) is 7.92. The lowest BCUT2D eigenvalue weighted by molar-refractivity contribution is 0.00749. The Labute approximate surface area is 105 Å². The molecule has 0 bridgehead atoms. The first-order valence-corrected chi connectivity index (χ1v) is 5.43. The van der Waals surface area contributed by atoms with Crippen molar-refractivity contribution in [2.75, 3.05) is 26.3 Å². The predicted octanol–water partition coefficient (Wildman–Crippen LogP) is 1.43. The highest BCUT2D eigenvalue weighted by Crippen LogP contribution is 2.22. The first kappa shape index (κ1) is 15.5. The van der Waals surface area contributed by atoms with E-state index in [0.29, 0.717) is 6.04 Å². The van der Waals surface area contributed by atoms with Gasteiger partial charge in [0.1, 0.15) is 0 Å². The minimum absolute atomic E-state index is 0. The van der Waals surface area contributed by atoms with E-state index in [4.69, 9.17) is 10.5 Å². The maximum atomic E-state index is 5.88. The average Bonchev–Trinajstić information content (AvgIpc) is 2.20. The average molecular weight is 257 g/mol. The summed E-state index contributed by atoms with van der Waals surface area (Å²) in [5.74, 6) is 0. The SMILES string of the molecule is Cl.Cl.N[C@H]1CC[C@H](N2CCOCC2)CC1. The van der Waals surface area contributed by atoms with Crippen LogP contribution in [0.5, 0.6) is 0 Å². The fourth-order valence-electron chi connectivity index (χ4n) is 2.41. The normalized spacial score (nSPS) is 32.6. The molecule has 2 fully saturated rings. The zero-order valence-electron chi connectivity index (χ0n) is 9.06. The van der Waals surface area contributed by atoms with E-state index in [1.165, 1.54) is 25.7 Å². The fourth-order valence-corrected chi connectivity index (χ4v) is 2.41. The minimum Gasteiger partial charge on any atom is -0.379 e. The van der Waals surface area contributed by atoms with Crippen LogP contribution in [0.15, 0.2) is 0 Å². The molecule has 92 valence electrons. The zero-order valence-corrected chi connectivity index (χ0v) is 10.7. The van der Waals surface area contributed by atoms with Gasteiger partial charge in [-0.1, -0.05) is 0 Å². The summed E-state index contributed by atoms with van der Waals surface area (Å²) >= 11 is 0. The first-order chi connectivity index (χ1) is 6.36. The van der Waals surface area contributed by atoms with Crippen molar-refractivity contribution >= 4 is 24.8 Å². The molecule has 1 aliphatic heterocycles. The Morgan fingerprint density at radius 3 is 2.00 bits per heavy atom. The third-order valence-electron chi connectivity index (χ3n) is 3.30. The molecule has 3 nitrogen and oxygen atoms in total. The Bertz CT molecular complexity index is 158. The largest absolute Gasteiger partial charge is 0.379 e. The van der Waals surface area contributed by atoms with Gasteiger partial charge in [-0.3, -0.25) is 4.90 Å². The van der Waals surface area contributed by atoms with Crippen molar-refractivity contribution in [1.82, 2.24) is 4.90 Å². The summed E-state index contributed by atoms with van der Waals surface area (Å²) in [6.07, 6.45) is 5.01. The van der Waals surface area contributed by atoms with Crippen molar-refractivity contribution in [1.29, 1.82) is 0 Å². The lowest BCUT2D eigenvalue weighted by Crippen LogP contribution is -2.46. The minimum atomic E-state index is 0. The lowest BCUT2D eigenvalue weighted by Gasteiger charge is -2.38. The van der Waals surface area contributed by atoms with Gasteiger partial charge in [0.25, 0.3) is 0 Å². The van der Waals surface area contributed by atoms with Gasteiger partial charge >= 0.3 is 0 Å². The molecule has 0 spiro atoms. The smallest absolute Gasteiger partial charge is 0.0594 e. The Morgan fingerprint density at radius 1 is 0.933 bits per heavy atom. The van der Waals surface area contributed by atoms with Gasteiger partial charge in [0.2, 0.25) is 0 Å². The van der Waals surface area contributed by atoms with Gasteiger partial charge in [0.05, 0.1) is 13.2 Å². The van der Waals surface area contributed by atoms with E-state index < -0.39 is 0 Å². The summed E-state index contributed by atoms with van der Waals surface area (Å²) in [6.45, 7) is 4.09. The van der Waals surface area contributed by atoms with Crippen molar-refractivity contribution in [2.24, 2.45) is 5.73 Å². The third-order valence-corrected chi connectivity index (χ3v) is 3.30. The van der Waals surface area contributed by atoms with E-state index >= 15 is 0 Å². The monoisotopic (exact) mass is 256 g/mol. The van der Waals surface area contributed by atoms with E-state index in [1.807, 2.05) is 0 Å². The van der Waals surface area contributed by atoms with Crippen LogP contribution in [0.3, 0.4) is 0 Å². The summed E-state index contributed by atoms with van der Waals surface area (Å²) in [4.78, 5) is 2.58. The number of rotatable bonds is 1. The molecular weight excluding hydrogens is 235 g/mol. The number of morpholine rings is 1. The molecule has 5 heteroatoms. The molecule has 0 atom stereocenters. The number of hydrogen-bond acceptors (Lipinski definition) is 3. The molecule has 2 N–H and O–H groups in total. The Hall–Kier alpha value is 0.460. The molecule has 1 saturated carbocycles. The van der Waals surface area contributed by atoms with Gasteiger partial charge in [-0.2, -0.15) is 0 Å². The quantitative estimate of drug-likeness (QED) is 0.772. The summed E-state index contributed by atoms with van der Waals surface area (Å²) in [7, 11) is 0. The summed E-state index contributed by atoms with van der Waals surface area (Å²) in [6, 6.07) is 1.26. The van der Waals surface area contributed by atoms with Crippen molar-refractivity contribution in [3.63, 3.8) is 0 Å². The molecular formula is C10H22Cl2N2O. The Balaban J connectivity index is 0.000000980. The van der Waals surface area contributed by atoms with Crippen LogP contribution in [0.25, 0.3) is 0 Å². The molecule has 15 heavy (non-hydrogen) atoms. The number of hydrogen-bond donors (Lipinski definition) is 1. The molecule has 2 aliphatic rings. The van der Waals surface area contributed by atoms with Crippen molar-refractivity contribution in [2.45, 2.75) is 37.8 Å². The van der Waals surface area contributed by atoms with Crippen LogP contribution in [0.4, 0.5) is 0 Å². The van der Waals surface area contributed by atoms with Crippen LogP contribution < -0.4 is 5.73 Å². The second-order valence-corrected chi connectivity index (χ2v) is 4.22. The van der Waals surface area contributed by atoms with Gasteiger partial charge in [-0.05, 0) is 25.7 Å². The summed E-state index contributed by atoms with van der Waals surface area (Å²) in [5.41, 5.74) is 5.88. The van der Waals surface area contributed by atoms with E-state index in [0.717, 1.165) is 32.3 Å². The zero-order chi connectivity index (χ0) is 9.10. The van der Waals surface area contributed by atoms with Gasteiger partial charge < -0.3 is 10.5 Å². The highest BCUT2D eigenvalue weighted by Gasteiger charge is 2.25. The third kappa shape index (κ3) is 4.45. The predicted molar refractivity (Wildman–Crippen MR) is 67.1 cm³/mol. The summed E-state index contributed by atoms with van der Waals surface area (Å²) < 4.78 is 5.35. The second kappa shape index (κ2) is 7.69. The van der Waals surface area contributed by atoms with Crippen molar-refractivity contribution < 1.29 is 4.74 Å². The van der Waals surface area contributed by atoms with Crippen LogP contribution in [0.2, 0.25) is 0 Å². The van der Waals surface area contributed by atoms with Crippen LogP contribution >= 0.6 is 24.8 Å². The van der Waals surface area contributed by atoms with Crippen molar-refractivity contribution in [3.05, 3.63) is 0 Å². The first-order valence-electron chi connectivity index (χ1n) is 5.43. The standard InChI is InChI=1S/C10H20N2O.2ClH/c11-9-1-3-10(4-2-9)12-5-7-13-8-6-12;;/h9-10H,1-8,11H2;2*1H/t9-,10-;;. The van der Waals surface area contributed by atoms with Gasteiger partial charge in [0.15, 0.2) is 0 Å². The molecule has 0 amide bonds. The molecule has 1 heterocycles. The van der Waals surface area contributed by atoms with Crippen LogP contribution in [-0.2, 0) is 4.74 Å². The van der Waals surface area contributed by atoms with Crippen LogP contribution in [0, 0.1) is 0 Å². The molecule has 0 aromatic heterocycles. The lowest BCUT2D eigenvalue weighted by atomic mass is 9.90. The molecule has 0 aromatic carbocycles. The molecule has 0 unspecified atom stereocenters. The fraction of sp³-hybridized carbons (Fsp3) is 1.00. The van der Waals surface area contributed by atoms with E-state index in [9.17, 15) is 0 Å². The van der Waals surface area contributed by atoms with Gasteiger partial charge in [-0.15, -0.1) is 24.8 Å². The maximum Gasteiger partial charge on any atom is 0.0594 e. The molecule has 0 aromatic rings. The number of halogens is 2. The second-order valence-electron chi connectivity index (χ2n) is 4.22. The number of nitrogens with two attached hydrogens (primary N) is 1. The topological polar surface area (TPSA) is 38.5 Å². The van der Waals surface area contributed by atoms with E-state index in [1.54, 1.807) is 0 Å². The van der Waals surface area contributed by atoms with Crippen LogP contribution in [0.1, 0.15) is 25.7 Å². The highest BCUT2D eigenvalue weighted by molar-refractivity contribution is 5.85. The van der Waals surface area contributed by atoms with Gasteiger partial charge in [0, 0.05) is 25.2 Å². The number of ether oxygens (including phenoxy) is 1. The molecule has 1 saturated heterocycles. The highest BCUT2D eigenvalue weighted by atomic mass is 35.5. The molecule has 2 rings (SSSR count).